The van der Waals surface area contributed by atoms with Crippen LogP contribution in [0.15, 0.2) is 48.5 Å². The van der Waals surface area contributed by atoms with E-state index in [1.165, 1.54) is 5.39 Å². The molecule has 0 saturated heterocycles. The summed E-state index contributed by atoms with van der Waals surface area (Å²) in [5.74, 6) is 0. The molecular weight excluding hydrogens is 222 g/mol. The van der Waals surface area contributed by atoms with Crippen LogP contribution < -0.4 is 5.73 Å². The van der Waals surface area contributed by atoms with Crippen LogP contribution in [0.3, 0.4) is 0 Å². The van der Waals surface area contributed by atoms with E-state index in [1.807, 2.05) is 29.8 Å². The second-order valence-electron chi connectivity index (χ2n) is 4.39. The number of benzene rings is 2. The predicted molar refractivity (Wildman–Crippen MR) is 73.7 cm³/mol. The Labute approximate surface area is 106 Å². The van der Waals surface area contributed by atoms with Gasteiger partial charge in [-0.1, -0.05) is 24.3 Å². The van der Waals surface area contributed by atoms with Gasteiger partial charge in [0.05, 0.1) is 16.9 Å². The van der Waals surface area contributed by atoms with E-state index >= 15 is 0 Å². The molecule has 0 unspecified atom stereocenters. The maximum absolute atomic E-state index is 5.68. The minimum Gasteiger partial charge on any atom is -0.326 e. The van der Waals surface area contributed by atoms with Gasteiger partial charge in [-0.3, -0.25) is 0 Å². The molecule has 0 aliphatic rings. The molecule has 1 heterocycles. The Kier molecular flexibility index (Phi) is 2.61. The first-order valence-electron chi connectivity index (χ1n) is 6.03. The molecule has 3 nitrogen and oxygen atoms in total. The predicted octanol–water partition coefficient (Wildman–Crippen LogP) is 2.79. The highest BCUT2D eigenvalue weighted by Crippen LogP contribution is 2.22. The van der Waals surface area contributed by atoms with Crippen molar-refractivity contribution in [3.63, 3.8) is 0 Å². The Morgan fingerprint density at radius 2 is 1.89 bits per heavy atom. The molecule has 3 rings (SSSR count). The number of nitrogens with two attached hydrogens (primary N) is 1. The molecule has 0 aliphatic carbocycles. The monoisotopic (exact) mass is 237 g/mol. The fourth-order valence-corrected chi connectivity index (χ4v) is 2.21. The highest BCUT2D eigenvalue weighted by atomic mass is 15.3. The molecular formula is C15H15N3. The molecule has 0 fully saturated rings. The molecule has 1 aromatic heterocycles. The van der Waals surface area contributed by atoms with Crippen molar-refractivity contribution >= 4 is 10.9 Å². The van der Waals surface area contributed by atoms with Gasteiger partial charge in [0.25, 0.3) is 0 Å². The minimum absolute atomic E-state index is 0.561. The second kappa shape index (κ2) is 4.27. The quantitative estimate of drug-likeness (QED) is 0.744. The fraction of sp³-hybridized carbons (Fsp3) is 0.133. The fourth-order valence-electron chi connectivity index (χ4n) is 2.21. The SMILES string of the molecule is Cc1nn(-c2ccccc2)c2ccc(CN)cc12. The van der Waals surface area contributed by atoms with E-state index in [4.69, 9.17) is 5.73 Å². The van der Waals surface area contributed by atoms with Gasteiger partial charge >= 0.3 is 0 Å². The molecule has 3 aromatic rings. The number of aryl methyl sites for hydroxylation is 1. The van der Waals surface area contributed by atoms with Crippen molar-refractivity contribution < 1.29 is 0 Å². The summed E-state index contributed by atoms with van der Waals surface area (Å²) < 4.78 is 1.98. The third kappa shape index (κ3) is 1.69. The minimum atomic E-state index is 0.561. The number of fused-ring (bicyclic) bond motifs is 1. The topological polar surface area (TPSA) is 43.8 Å². The Balaban J connectivity index is 2.26. The van der Waals surface area contributed by atoms with Crippen LogP contribution in [0.4, 0.5) is 0 Å². The van der Waals surface area contributed by atoms with Crippen molar-refractivity contribution in [1.82, 2.24) is 9.78 Å². The summed E-state index contributed by atoms with van der Waals surface area (Å²) in [6, 6.07) is 16.4. The van der Waals surface area contributed by atoms with Crippen molar-refractivity contribution in [2.75, 3.05) is 0 Å². The first-order chi connectivity index (χ1) is 8.79. The average molecular weight is 237 g/mol. The summed E-state index contributed by atoms with van der Waals surface area (Å²) in [6.07, 6.45) is 0. The zero-order chi connectivity index (χ0) is 12.5. The average Bonchev–Trinajstić information content (AvgIpc) is 2.77. The van der Waals surface area contributed by atoms with Crippen LogP contribution >= 0.6 is 0 Å². The van der Waals surface area contributed by atoms with Crippen molar-refractivity contribution in [1.29, 1.82) is 0 Å². The lowest BCUT2D eigenvalue weighted by atomic mass is 10.1. The lowest BCUT2D eigenvalue weighted by molar-refractivity contribution is 0.889. The summed E-state index contributed by atoms with van der Waals surface area (Å²) in [5.41, 5.74) is 10.1. The van der Waals surface area contributed by atoms with E-state index in [9.17, 15) is 0 Å². The standard InChI is InChI=1S/C15H15N3/c1-11-14-9-12(10-16)7-8-15(14)18(17-11)13-5-3-2-4-6-13/h2-9H,10,16H2,1H3. The smallest absolute Gasteiger partial charge is 0.0744 e. The van der Waals surface area contributed by atoms with Gasteiger partial charge in [-0.2, -0.15) is 5.10 Å². The molecule has 0 atom stereocenters. The second-order valence-corrected chi connectivity index (χ2v) is 4.39. The van der Waals surface area contributed by atoms with Crippen molar-refractivity contribution in [3.05, 3.63) is 59.8 Å². The van der Waals surface area contributed by atoms with Crippen LogP contribution in [0.1, 0.15) is 11.3 Å². The summed E-state index contributed by atoms with van der Waals surface area (Å²) in [6.45, 7) is 2.59. The molecule has 0 saturated carbocycles. The molecule has 0 spiro atoms. The van der Waals surface area contributed by atoms with Crippen LogP contribution in [0.5, 0.6) is 0 Å². The molecule has 90 valence electrons. The first-order valence-corrected chi connectivity index (χ1v) is 6.03. The maximum Gasteiger partial charge on any atom is 0.0744 e. The van der Waals surface area contributed by atoms with Crippen LogP contribution in [0, 0.1) is 6.92 Å². The van der Waals surface area contributed by atoms with Crippen LogP contribution in [-0.4, -0.2) is 9.78 Å². The van der Waals surface area contributed by atoms with Crippen LogP contribution in [0.25, 0.3) is 16.6 Å². The van der Waals surface area contributed by atoms with E-state index < -0.39 is 0 Å². The van der Waals surface area contributed by atoms with Crippen LogP contribution in [-0.2, 0) is 6.54 Å². The Bertz CT molecular complexity index is 684. The third-order valence-corrected chi connectivity index (χ3v) is 3.17. The highest BCUT2D eigenvalue weighted by Gasteiger charge is 2.08. The van der Waals surface area contributed by atoms with Gasteiger partial charge < -0.3 is 5.73 Å². The summed E-state index contributed by atoms with van der Waals surface area (Å²) in [7, 11) is 0. The van der Waals surface area contributed by atoms with Crippen molar-refractivity contribution in [2.45, 2.75) is 13.5 Å². The number of hydrogen-bond donors (Lipinski definition) is 1. The molecule has 3 heteroatoms. The van der Waals surface area contributed by atoms with E-state index in [1.54, 1.807) is 0 Å². The van der Waals surface area contributed by atoms with Gasteiger partial charge in [0.2, 0.25) is 0 Å². The van der Waals surface area contributed by atoms with Gasteiger partial charge in [0.15, 0.2) is 0 Å². The zero-order valence-corrected chi connectivity index (χ0v) is 10.3. The maximum atomic E-state index is 5.68. The number of para-hydroxylation sites is 1. The molecule has 0 aliphatic heterocycles. The molecule has 0 radical (unpaired) electrons. The summed E-state index contributed by atoms with van der Waals surface area (Å²) in [5, 5.41) is 5.78. The molecule has 0 amide bonds. The molecule has 0 bridgehead atoms. The van der Waals surface area contributed by atoms with Gasteiger partial charge in [-0.15, -0.1) is 0 Å². The Hall–Kier alpha value is -2.13. The lowest BCUT2D eigenvalue weighted by Gasteiger charge is -2.03. The molecule has 18 heavy (non-hydrogen) atoms. The Morgan fingerprint density at radius 1 is 1.11 bits per heavy atom. The molecule has 2 aromatic carbocycles. The van der Waals surface area contributed by atoms with Crippen LogP contribution in [0.2, 0.25) is 0 Å². The van der Waals surface area contributed by atoms with Crippen molar-refractivity contribution in [2.24, 2.45) is 5.73 Å². The van der Waals surface area contributed by atoms with E-state index in [0.717, 1.165) is 22.5 Å². The number of rotatable bonds is 2. The van der Waals surface area contributed by atoms with Gasteiger partial charge in [0.1, 0.15) is 0 Å². The largest absolute Gasteiger partial charge is 0.326 e. The summed E-state index contributed by atoms with van der Waals surface area (Å²) in [4.78, 5) is 0. The number of nitrogens with zero attached hydrogens (tertiary/aromatic N) is 2. The third-order valence-electron chi connectivity index (χ3n) is 3.17. The zero-order valence-electron chi connectivity index (χ0n) is 10.3. The number of aromatic nitrogens is 2. The van der Waals surface area contributed by atoms with E-state index in [2.05, 4.69) is 35.4 Å². The molecule has 2 N–H and O–H groups in total. The summed E-state index contributed by atoms with van der Waals surface area (Å²) >= 11 is 0. The first kappa shape index (κ1) is 11.0. The van der Waals surface area contributed by atoms with Gasteiger partial charge in [0, 0.05) is 11.9 Å². The number of hydrogen-bond acceptors (Lipinski definition) is 2. The van der Waals surface area contributed by atoms with Crippen molar-refractivity contribution in [3.8, 4) is 5.69 Å². The van der Waals surface area contributed by atoms with E-state index in [0.29, 0.717) is 6.54 Å². The van der Waals surface area contributed by atoms with Gasteiger partial charge in [-0.05, 0) is 36.8 Å². The normalized spacial score (nSPS) is 11.0. The van der Waals surface area contributed by atoms with Gasteiger partial charge in [-0.25, -0.2) is 4.68 Å². The Morgan fingerprint density at radius 3 is 2.61 bits per heavy atom. The lowest BCUT2D eigenvalue weighted by Crippen LogP contribution is -1.97. The highest BCUT2D eigenvalue weighted by molar-refractivity contribution is 5.84. The van der Waals surface area contributed by atoms with E-state index in [-0.39, 0.29) is 0 Å².